The van der Waals surface area contributed by atoms with Crippen LogP contribution < -0.4 is 5.32 Å². The minimum absolute atomic E-state index is 0.194. The highest BCUT2D eigenvalue weighted by Gasteiger charge is 2.19. The molecule has 0 saturated carbocycles. The highest BCUT2D eigenvalue weighted by Crippen LogP contribution is 2.20. The molecular weight excluding hydrogens is 428 g/mol. The van der Waals surface area contributed by atoms with Gasteiger partial charge in [0.25, 0.3) is 5.91 Å². The van der Waals surface area contributed by atoms with E-state index < -0.39 is 5.60 Å². The Hall–Kier alpha value is -4.13. The number of aromatic nitrogens is 2. The van der Waals surface area contributed by atoms with E-state index >= 15 is 0 Å². The number of hydrogen-bond donors (Lipinski definition) is 1. The first kappa shape index (κ1) is 23.0. The molecule has 34 heavy (non-hydrogen) atoms. The number of benzene rings is 2. The lowest BCUT2D eigenvalue weighted by Gasteiger charge is -2.24. The first-order valence-corrected chi connectivity index (χ1v) is 11.1. The average molecular weight is 457 g/mol. The summed E-state index contributed by atoms with van der Waals surface area (Å²) in [5.41, 5.74) is 3.44. The highest BCUT2D eigenvalue weighted by molar-refractivity contribution is 6.04. The maximum atomic E-state index is 12.7. The number of fused-ring (bicyclic) bond motifs is 1. The molecule has 7 nitrogen and oxygen atoms in total. The SMILES string of the molecule is CN(Cc1ccc(NC(=O)c2ccc(-n3ccc4cccnc43)cc2)cc1)C(=O)OC(C)(C)C. The van der Waals surface area contributed by atoms with Gasteiger partial charge in [0.15, 0.2) is 0 Å². The van der Waals surface area contributed by atoms with Crippen LogP contribution in [0.2, 0.25) is 0 Å². The molecule has 0 aliphatic rings. The van der Waals surface area contributed by atoms with Crippen molar-refractivity contribution in [2.24, 2.45) is 0 Å². The van der Waals surface area contributed by atoms with Crippen LogP contribution in [0.5, 0.6) is 0 Å². The van der Waals surface area contributed by atoms with E-state index in [1.165, 1.54) is 4.90 Å². The summed E-state index contributed by atoms with van der Waals surface area (Å²) in [5, 5.41) is 3.97. The van der Waals surface area contributed by atoms with Crippen molar-refractivity contribution in [1.82, 2.24) is 14.5 Å². The fourth-order valence-electron chi connectivity index (χ4n) is 3.52. The second-order valence-electron chi connectivity index (χ2n) is 9.14. The molecule has 0 bridgehead atoms. The van der Waals surface area contributed by atoms with Crippen LogP contribution in [-0.2, 0) is 11.3 Å². The van der Waals surface area contributed by atoms with Crippen molar-refractivity contribution >= 4 is 28.7 Å². The number of nitrogens with zero attached hydrogens (tertiary/aromatic N) is 3. The van der Waals surface area contributed by atoms with Crippen molar-refractivity contribution in [3.63, 3.8) is 0 Å². The highest BCUT2D eigenvalue weighted by atomic mass is 16.6. The summed E-state index contributed by atoms with van der Waals surface area (Å²) in [7, 11) is 1.69. The quantitative estimate of drug-likeness (QED) is 0.421. The van der Waals surface area contributed by atoms with E-state index in [0.717, 1.165) is 22.3 Å². The van der Waals surface area contributed by atoms with Crippen molar-refractivity contribution in [3.8, 4) is 5.69 Å². The molecule has 0 unspecified atom stereocenters. The molecule has 2 aromatic carbocycles. The normalized spacial score (nSPS) is 11.3. The van der Waals surface area contributed by atoms with Crippen LogP contribution in [0.15, 0.2) is 79.1 Å². The minimum atomic E-state index is -0.537. The fraction of sp³-hybridized carbons (Fsp3) is 0.222. The van der Waals surface area contributed by atoms with Crippen LogP contribution in [0.25, 0.3) is 16.7 Å². The number of anilines is 1. The molecule has 2 amide bonds. The molecule has 0 radical (unpaired) electrons. The molecule has 7 heteroatoms. The lowest BCUT2D eigenvalue weighted by molar-refractivity contribution is 0.0285. The molecular formula is C27H28N4O3. The zero-order chi connectivity index (χ0) is 24.3. The van der Waals surface area contributed by atoms with Crippen LogP contribution in [-0.4, -0.2) is 39.1 Å². The second kappa shape index (κ2) is 9.39. The van der Waals surface area contributed by atoms with E-state index in [-0.39, 0.29) is 12.0 Å². The third-order valence-corrected chi connectivity index (χ3v) is 5.19. The van der Waals surface area contributed by atoms with E-state index in [2.05, 4.69) is 10.3 Å². The number of amides is 2. The van der Waals surface area contributed by atoms with E-state index in [9.17, 15) is 9.59 Å². The van der Waals surface area contributed by atoms with Gasteiger partial charge in [-0.15, -0.1) is 0 Å². The van der Waals surface area contributed by atoms with Crippen molar-refractivity contribution in [2.45, 2.75) is 32.9 Å². The monoisotopic (exact) mass is 456 g/mol. The Morgan fingerprint density at radius 3 is 2.38 bits per heavy atom. The first-order valence-electron chi connectivity index (χ1n) is 11.1. The predicted molar refractivity (Wildman–Crippen MR) is 133 cm³/mol. The van der Waals surface area contributed by atoms with Gasteiger partial charge in [0.2, 0.25) is 0 Å². The van der Waals surface area contributed by atoms with Crippen molar-refractivity contribution in [3.05, 3.63) is 90.3 Å². The van der Waals surface area contributed by atoms with Gasteiger partial charge in [-0.2, -0.15) is 0 Å². The third-order valence-electron chi connectivity index (χ3n) is 5.19. The number of rotatable bonds is 5. The van der Waals surface area contributed by atoms with Gasteiger partial charge in [-0.3, -0.25) is 4.79 Å². The van der Waals surface area contributed by atoms with Crippen LogP contribution >= 0.6 is 0 Å². The largest absolute Gasteiger partial charge is 0.444 e. The molecule has 0 aliphatic carbocycles. The molecule has 4 rings (SSSR count). The molecule has 1 N–H and O–H groups in total. The summed E-state index contributed by atoms with van der Waals surface area (Å²) < 4.78 is 7.37. The minimum Gasteiger partial charge on any atom is -0.444 e. The van der Waals surface area contributed by atoms with Gasteiger partial charge in [0.05, 0.1) is 0 Å². The summed E-state index contributed by atoms with van der Waals surface area (Å²) in [4.78, 5) is 30.8. The van der Waals surface area contributed by atoms with Crippen molar-refractivity contribution in [1.29, 1.82) is 0 Å². The Morgan fingerprint density at radius 1 is 1.00 bits per heavy atom. The Balaban J connectivity index is 1.38. The van der Waals surface area contributed by atoms with Gasteiger partial charge in [-0.25, -0.2) is 9.78 Å². The summed E-state index contributed by atoms with van der Waals surface area (Å²) in [5.74, 6) is -0.194. The zero-order valence-electron chi connectivity index (χ0n) is 19.8. The lowest BCUT2D eigenvalue weighted by Crippen LogP contribution is -2.33. The smallest absolute Gasteiger partial charge is 0.410 e. The summed E-state index contributed by atoms with van der Waals surface area (Å²) in [6.45, 7) is 5.92. The van der Waals surface area contributed by atoms with Crippen LogP contribution in [0.4, 0.5) is 10.5 Å². The Morgan fingerprint density at radius 2 is 1.71 bits per heavy atom. The van der Waals surface area contributed by atoms with E-state index in [0.29, 0.717) is 17.8 Å². The first-order chi connectivity index (χ1) is 16.2. The standard InChI is InChI=1S/C27H28N4O3/c1-27(2,3)34-26(33)30(4)18-19-7-11-22(12-8-19)29-25(32)21-9-13-23(14-10-21)31-17-15-20-6-5-16-28-24(20)31/h5-17H,18H2,1-4H3,(H,29,32). The molecule has 2 aromatic heterocycles. The Kier molecular flexibility index (Phi) is 6.36. The number of hydrogen-bond acceptors (Lipinski definition) is 4. The molecule has 0 fully saturated rings. The Labute approximate surface area is 199 Å². The molecule has 0 aliphatic heterocycles. The fourth-order valence-corrected chi connectivity index (χ4v) is 3.52. The van der Waals surface area contributed by atoms with Gasteiger partial charge in [-0.05, 0) is 80.9 Å². The van der Waals surface area contributed by atoms with Gasteiger partial charge in [0.1, 0.15) is 11.2 Å². The lowest BCUT2D eigenvalue weighted by atomic mass is 10.1. The summed E-state index contributed by atoms with van der Waals surface area (Å²) in [6, 6.07) is 20.7. The number of nitrogens with one attached hydrogen (secondary N) is 1. The van der Waals surface area contributed by atoms with E-state index in [4.69, 9.17) is 4.74 Å². The molecule has 0 spiro atoms. The van der Waals surface area contributed by atoms with Gasteiger partial charge in [0, 0.05) is 48.3 Å². The molecule has 0 saturated heterocycles. The van der Waals surface area contributed by atoms with E-state index in [1.807, 2.05) is 86.1 Å². The average Bonchev–Trinajstić information content (AvgIpc) is 3.23. The maximum absolute atomic E-state index is 12.7. The van der Waals surface area contributed by atoms with Gasteiger partial charge < -0.3 is 19.5 Å². The predicted octanol–water partition coefficient (Wildman–Crippen LogP) is 5.64. The topological polar surface area (TPSA) is 76.5 Å². The molecule has 174 valence electrons. The van der Waals surface area contributed by atoms with Crippen LogP contribution in [0.1, 0.15) is 36.7 Å². The number of pyridine rings is 1. The van der Waals surface area contributed by atoms with Crippen molar-refractivity contribution in [2.75, 3.05) is 12.4 Å². The number of carbonyl (C=O) groups excluding carboxylic acids is 2. The third kappa shape index (κ3) is 5.43. The van der Waals surface area contributed by atoms with Crippen LogP contribution in [0.3, 0.4) is 0 Å². The summed E-state index contributed by atoms with van der Waals surface area (Å²) >= 11 is 0. The number of carbonyl (C=O) groups is 2. The zero-order valence-corrected chi connectivity index (χ0v) is 19.8. The maximum Gasteiger partial charge on any atom is 0.410 e. The Bertz CT molecular complexity index is 1300. The van der Waals surface area contributed by atoms with Gasteiger partial charge in [-0.1, -0.05) is 12.1 Å². The van der Waals surface area contributed by atoms with E-state index in [1.54, 1.807) is 25.4 Å². The molecule has 4 aromatic rings. The molecule has 0 atom stereocenters. The molecule has 2 heterocycles. The van der Waals surface area contributed by atoms with Crippen LogP contribution in [0, 0.1) is 0 Å². The summed E-state index contributed by atoms with van der Waals surface area (Å²) in [6.07, 6.45) is 3.35. The van der Waals surface area contributed by atoms with Gasteiger partial charge >= 0.3 is 6.09 Å². The number of ether oxygens (including phenoxy) is 1. The van der Waals surface area contributed by atoms with Crippen molar-refractivity contribution < 1.29 is 14.3 Å². The second-order valence-corrected chi connectivity index (χ2v) is 9.14.